The van der Waals surface area contributed by atoms with Gasteiger partial charge in [0.25, 0.3) is 0 Å². The van der Waals surface area contributed by atoms with Crippen LogP contribution in [0.2, 0.25) is 0 Å². The van der Waals surface area contributed by atoms with Crippen LogP contribution in [0.25, 0.3) is 0 Å². The number of amides is 1. The second-order valence-corrected chi connectivity index (χ2v) is 2.75. The molecule has 0 atom stereocenters. The van der Waals surface area contributed by atoms with Crippen LogP contribution >= 0.6 is 0 Å². The molecule has 0 saturated heterocycles. The molecule has 1 amide bonds. The fourth-order valence-electron chi connectivity index (χ4n) is 0.793. The first-order valence-electron chi connectivity index (χ1n) is 4.64. The van der Waals surface area contributed by atoms with E-state index in [1.807, 2.05) is 0 Å². The second kappa shape index (κ2) is 9.48. The lowest BCUT2D eigenvalue weighted by Gasteiger charge is -2.04. The maximum absolute atomic E-state index is 10.8. The highest BCUT2D eigenvalue weighted by Gasteiger charge is 1.97. The first-order valence-corrected chi connectivity index (χ1v) is 4.64. The summed E-state index contributed by atoms with van der Waals surface area (Å²) in [4.78, 5) is 10.8. The van der Waals surface area contributed by atoms with E-state index in [2.05, 4.69) is 17.0 Å². The molecule has 0 radical (unpaired) electrons. The average molecular weight is 189 g/mol. The van der Waals surface area contributed by atoms with Gasteiger partial charge < -0.3 is 14.8 Å². The van der Waals surface area contributed by atoms with Crippen molar-refractivity contribution in [3.8, 4) is 0 Å². The molecule has 0 aliphatic carbocycles. The molecule has 0 spiro atoms. The number of carbonyl (C=O) groups excluding carboxylic acids is 1. The number of ether oxygens (including phenoxy) is 2. The predicted molar refractivity (Wildman–Crippen MR) is 50.6 cm³/mol. The molecule has 0 fully saturated rings. The largest absolute Gasteiger partial charge is 0.380 e. The third-order valence-electron chi connectivity index (χ3n) is 1.49. The Morgan fingerprint density at radius 2 is 2.15 bits per heavy atom. The molecule has 0 aromatic carbocycles. The lowest BCUT2D eigenvalue weighted by molar-refractivity contribution is -0.124. The van der Waals surface area contributed by atoms with Gasteiger partial charge in [0.15, 0.2) is 0 Å². The quantitative estimate of drug-likeness (QED) is 0.568. The second-order valence-electron chi connectivity index (χ2n) is 2.75. The van der Waals surface area contributed by atoms with E-state index in [0.29, 0.717) is 13.2 Å². The molecule has 0 rings (SSSR count). The van der Waals surface area contributed by atoms with E-state index in [1.54, 1.807) is 0 Å². The Morgan fingerprint density at radius 1 is 1.38 bits per heavy atom. The molecule has 0 aliphatic rings. The highest BCUT2D eigenvalue weighted by molar-refractivity contribution is 5.77. The molecular formula is C9H19NO3. The van der Waals surface area contributed by atoms with Crippen molar-refractivity contribution < 1.29 is 14.3 Å². The van der Waals surface area contributed by atoms with Crippen molar-refractivity contribution in [2.75, 3.05) is 33.5 Å². The van der Waals surface area contributed by atoms with Crippen molar-refractivity contribution in [2.45, 2.75) is 19.8 Å². The van der Waals surface area contributed by atoms with Crippen LogP contribution in [0.15, 0.2) is 0 Å². The van der Waals surface area contributed by atoms with Crippen LogP contribution in [-0.2, 0) is 14.3 Å². The van der Waals surface area contributed by atoms with Gasteiger partial charge in [-0.1, -0.05) is 13.3 Å². The van der Waals surface area contributed by atoms with Gasteiger partial charge in [-0.2, -0.15) is 0 Å². The van der Waals surface area contributed by atoms with Crippen LogP contribution in [0.4, 0.5) is 0 Å². The van der Waals surface area contributed by atoms with Crippen molar-refractivity contribution in [1.29, 1.82) is 0 Å². The van der Waals surface area contributed by atoms with Crippen LogP contribution in [0, 0.1) is 0 Å². The Labute approximate surface area is 79.6 Å². The topological polar surface area (TPSA) is 47.6 Å². The Kier molecular flexibility index (Phi) is 9.03. The lowest BCUT2D eigenvalue weighted by Crippen LogP contribution is -2.30. The van der Waals surface area contributed by atoms with Crippen LogP contribution in [0.5, 0.6) is 0 Å². The first-order chi connectivity index (χ1) is 6.31. The van der Waals surface area contributed by atoms with Gasteiger partial charge in [0.05, 0.1) is 6.61 Å². The van der Waals surface area contributed by atoms with Gasteiger partial charge in [-0.05, 0) is 6.42 Å². The summed E-state index contributed by atoms with van der Waals surface area (Å²) in [7, 11) is 1.50. The molecular weight excluding hydrogens is 170 g/mol. The van der Waals surface area contributed by atoms with Crippen LogP contribution < -0.4 is 5.32 Å². The van der Waals surface area contributed by atoms with E-state index in [0.717, 1.165) is 19.4 Å². The highest BCUT2D eigenvalue weighted by Crippen LogP contribution is 1.86. The number of hydrogen-bond donors (Lipinski definition) is 1. The molecule has 4 nitrogen and oxygen atoms in total. The van der Waals surface area contributed by atoms with Gasteiger partial charge in [-0.15, -0.1) is 0 Å². The number of nitrogens with one attached hydrogen (secondary N) is 1. The molecule has 0 saturated carbocycles. The molecule has 13 heavy (non-hydrogen) atoms. The van der Waals surface area contributed by atoms with Crippen molar-refractivity contribution in [3.63, 3.8) is 0 Å². The Hall–Kier alpha value is -0.610. The standard InChI is InChI=1S/C9H19NO3/c1-3-4-6-13-7-5-10-9(11)8-12-2/h3-8H2,1-2H3,(H,10,11). The summed E-state index contributed by atoms with van der Waals surface area (Å²) in [5.41, 5.74) is 0. The van der Waals surface area contributed by atoms with Crippen molar-refractivity contribution >= 4 is 5.91 Å². The Bertz CT molecular complexity index is 128. The summed E-state index contributed by atoms with van der Waals surface area (Å²) in [5, 5.41) is 2.67. The number of carbonyl (C=O) groups is 1. The highest BCUT2D eigenvalue weighted by atomic mass is 16.5. The van der Waals surface area contributed by atoms with Gasteiger partial charge in [0.2, 0.25) is 5.91 Å². The Morgan fingerprint density at radius 3 is 2.77 bits per heavy atom. The zero-order valence-electron chi connectivity index (χ0n) is 8.47. The molecule has 0 aromatic heterocycles. The first kappa shape index (κ1) is 12.4. The predicted octanol–water partition coefficient (Wildman–Crippen LogP) is 0.566. The van der Waals surface area contributed by atoms with E-state index >= 15 is 0 Å². The van der Waals surface area contributed by atoms with E-state index in [4.69, 9.17) is 4.74 Å². The fourth-order valence-corrected chi connectivity index (χ4v) is 0.793. The number of hydrogen-bond acceptors (Lipinski definition) is 3. The third-order valence-corrected chi connectivity index (χ3v) is 1.49. The number of methoxy groups -OCH3 is 1. The van der Waals surface area contributed by atoms with E-state index < -0.39 is 0 Å². The minimum absolute atomic E-state index is 0.0957. The van der Waals surface area contributed by atoms with Gasteiger partial charge >= 0.3 is 0 Å². The SMILES string of the molecule is CCCCOCCNC(=O)COC. The fraction of sp³-hybridized carbons (Fsp3) is 0.889. The van der Waals surface area contributed by atoms with Gasteiger partial charge in [-0.3, -0.25) is 4.79 Å². The summed E-state index contributed by atoms with van der Waals surface area (Å²) in [6.07, 6.45) is 2.21. The monoisotopic (exact) mass is 189 g/mol. The van der Waals surface area contributed by atoms with Crippen LogP contribution in [0.1, 0.15) is 19.8 Å². The normalized spacial score (nSPS) is 10.0. The minimum Gasteiger partial charge on any atom is -0.380 e. The Balaban J connectivity index is 3.02. The van der Waals surface area contributed by atoms with Gasteiger partial charge in [0.1, 0.15) is 6.61 Å². The van der Waals surface area contributed by atoms with E-state index in [1.165, 1.54) is 7.11 Å². The van der Waals surface area contributed by atoms with Crippen molar-refractivity contribution in [1.82, 2.24) is 5.32 Å². The summed E-state index contributed by atoms with van der Waals surface area (Å²) >= 11 is 0. The average Bonchev–Trinajstić information content (AvgIpc) is 2.11. The number of rotatable bonds is 8. The molecule has 0 heterocycles. The lowest BCUT2D eigenvalue weighted by atomic mass is 10.4. The third kappa shape index (κ3) is 9.30. The summed E-state index contributed by atoms with van der Waals surface area (Å²) < 4.78 is 9.89. The van der Waals surface area contributed by atoms with Crippen LogP contribution in [-0.4, -0.2) is 39.4 Å². The maximum atomic E-state index is 10.8. The summed E-state index contributed by atoms with van der Waals surface area (Å²) in [6, 6.07) is 0. The molecule has 1 N–H and O–H groups in total. The maximum Gasteiger partial charge on any atom is 0.246 e. The summed E-state index contributed by atoms with van der Waals surface area (Å²) in [6.45, 7) is 4.15. The van der Waals surface area contributed by atoms with Crippen molar-refractivity contribution in [2.24, 2.45) is 0 Å². The van der Waals surface area contributed by atoms with Crippen LogP contribution in [0.3, 0.4) is 0 Å². The molecule has 4 heteroatoms. The minimum atomic E-state index is -0.0957. The molecule has 0 aromatic rings. The zero-order valence-corrected chi connectivity index (χ0v) is 8.47. The summed E-state index contributed by atoms with van der Waals surface area (Å²) in [5.74, 6) is -0.0957. The van der Waals surface area contributed by atoms with Gasteiger partial charge in [-0.25, -0.2) is 0 Å². The molecule has 78 valence electrons. The van der Waals surface area contributed by atoms with E-state index in [-0.39, 0.29) is 12.5 Å². The van der Waals surface area contributed by atoms with Gasteiger partial charge in [0, 0.05) is 20.3 Å². The molecule has 0 aliphatic heterocycles. The van der Waals surface area contributed by atoms with Crippen molar-refractivity contribution in [3.05, 3.63) is 0 Å². The molecule has 0 unspecified atom stereocenters. The number of unbranched alkanes of at least 4 members (excludes halogenated alkanes) is 1. The molecule has 0 bridgehead atoms. The zero-order chi connectivity index (χ0) is 9.94. The smallest absolute Gasteiger partial charge is 0.246 e. The van der Waals surface area contributed by atoms with E-state index in [9.17, 15) is 4.79 Å².